The Kier molecular flexibility index (Phi) is 3.23. The number of halogens is 2. The van der Waals surface area contributed by atoms with E-state index in [-0.39, 0.29) is 5.82 Å². The Labute approximate surface area is 117 Å². The van der Waals surface area contributed by atoms with Gasteiger partial charge in [-0.2, -0.15) is 0 Å². The molecule has 0 fully saturated rings. The quantitative estimate of drug-likeness (QED) is 0.782. The minimum atomic E-state index is -0.901. The maximum absolute atomic E-state index is 13.2. The molecule has 0 bridgehead atoms. The summed E-state index contributed by atoms with van der Waals surface area (Å²) >= 11 is 1.15. The molecule has 0 radical (unpaired) electrons. The zero-order chi connectivity index (χ0) is 14.1. The largest absolute Gasteiger partial charge is 0.381 e. The van der Waals surface area contributed by atoms with Crippen molar-refractivity contribution in [1.29, 1.82) is 0 Å². The van der Waals surface area contributed by atoms with Gasteiger partial charge in [0.1, 0.15) is 5.03 Å². The minimum absolute atomic E-state index is 0.262. The van der Waals surface area contributed by atoms with Crippen molar-refractivity contribution in [2.75, 3.05) is 5.73 Å². The molecule has 0 aliphatic rings. The fourth-order valence-corrected chi connectivity index (χ4v) is 2.54. The van der Waals surface area contributed by atoms with Crippen LogP contribution >= 0.6 is 11.8 Å². The van der Waals surface area contributed by atoms with Gasteiger partial charge in [-0.15, -0.1) is 0 Å². The molecule has 0 saturated carbocycles. The smallest absolute Gasteiger partial charge is 0.159 e. The first-order valence-electron chi connectivity index (χ1n) is 5.78. The first-order chi connectivity index (χ1) is 9.63. The zero-order valence-corrected chi connectivity index (χ0v) is 11.0. The topological polar surface area (TPSA) is 51.8 Å². The molecular formula is C14H9F2N3S. The molecule has 6 heteroatoms. The van der Waals surface area contributed by atoms with Crippen molar-refractivity contribution in [3.05, 3.63) is 54.1 Å². The standard InChI is InChI=1S/C14H9F2N3S/c15-9-6-5-8(7-10(9)16)20-14-13(17)18-11-3-1-2-4-12(11)19-14/h1-7H,(H2,17,18). The lowest BCUT2D eigenvalue weighted by Gasteiger charge is -2.06. The number of nitrogens with zero attached hydrogens (tertiary/aromatic N) is 2. The molecule has 0 amide bonds. The third-order valence-corrected chi connectivity index (χ3v) is 3.65. The van der Waals surface area contributed by atoms with E-state index in [0.29, 0.717) is 21.0 Å². The molecule has 0 unspecified atom stereocenters. The Balaban J connectivity index is 2.01. The van der Waals surface area contributed by atoms with Crippen molar-refractivity contribution in [2.45, 2.75) is 9.92 Å². The number of rotatable bonds is 2. The highest BCUT2D eigenvalue weighted by molar-refractivity contribution is 7.99. The first kappa shape index (κ1) is 12.8. The van der Waals surface area contributed by atoms with E-state index in [4.69, 9.17) is 5.73 Å². The van der Waals surface area contributed by atoms with Crippen LogP contribution in [0.5, 0.6) is 0 Å². The summed E-state index contributed by atoms with van der Waals surface area (Å²) < 4.78 is 26.1. The van der Waals surface area contributed by atoms with E-state index in [2.05, 4.69) is 9.97 Å². The van der Waals surface area contributed by atoms with Crippen molar-refractivity contribution in [2.24, 2.45) is 0 Å². The normalized spacial score (nSPS) is 10.9. The second-order valence-electron chi connectivity index (χ2n) is 4.08. The van der Waals surface area contributed by atoms with E-state index in [1.165, 1.54) is 6.07 Å². The Hall–Kier alpha value is -2.21. The predicted molar refractivity (Wildman–Crippen MR) is 74.4 cm³/mol. The van der Waals surface area contributed by atoms with Crippen LogP contribution in [0.25, 0.3) is 11.0 Å². The molecule has 0 saturated heterocycles. The highest BCUT2D eigenvalue weighted by atomic mass is 32.2. The summed E-state index contributed by atoms with van der Waals surface area (Å²) in [6.07, 6.45) is 0. The molecule has 20 heavy (non-hydrogen) atoms. The molecular weight excluding hydrogens is 280 g/mol. The van der Waals surface area contributed by atoms with Gasteiger partial charge in [0.15, 0.2) is 17.5 Å². The third kappa shape index (κ3) is 2.42. The average Bonchev–Trinajstić information content (AvgIpc) is 2.44. The second-order valence-corrected chi connectivity index (χ2v) is 5.14. The predicted octanol–water partition coefficient (Wildman–Crippen LogP) is 3.64. The summed E-state index contributed by atoms with van der Waals surface area (Å²) in [7, 11) is 0. The number of para-hydroxylation sites is 2. The number of anilines is 1. The van der Waals surface area contributed by atoms with E-state index in [1.807, 2.05) is 24.3 Å². The van der Waals surface area contributed by atoms with Crippen LogP contribution in [0, 0.1) is 11.6 Å². The minimum Gasteiger partial charge on any atom is -0.381 e. The Morgan fingerprint density at radius 2 is 1.60 bits per heavy atom. The summed E-state index contributed by atoms with van der Waals surface area (Å²) in [6, 6.07) is 11.0. The van der Waals surface area contributed by atoms with Gasteiger partial charge in [0.05, 0.1) is 11.0 Å². The van der Waals surface area contributed by atoms with Crippen molar-refractivity contribution in [3.8, 4) is 0 Å². The van der Waals surface area contributed by atoms with Crippen LogP contribution in [-0.2, 0) is 0 Å². The van der Waals surface area contributed by atoms with E-state index in [9.17, 15) is 8.78 Å². The van der Waals surface area contributed by atoms with Gasteiger partial charge < -0.3 is 5.73 Å². The lowest BCUT2D eigenvalue weighted by atomic mass is 10.3. The number of nitrogens with two attached hydrogens (primary N) is 1. The van der Waals surface area contributed by atoms with Crippen molar-refractivity contribution in [1.82, 2.24) is 9.97 Å². The Morgan fingerprint density at radius 1 is 0.900 bits per heavy atom. The van der Waals surface area contributed by atoms with E-state index < -0.39 is 11.6 Å². The van der Waals surface area contributed by atoms with Gasteiger partial charge in [0.25, 0.3) is 0 Å². The zero-order valence-electron chi connectivity index (χ0n) is 10.2. The van der Waals surface area contributed by atoms with E-state index >= 15 is 0 Å². The van der Waals surface area contributed by atoms with Gasteiger partial charge in [0.2, 0.25) is 0 Å². The molecule has 3 nitrogen and oxygen atoms in total. The van der Waals surface area contributed by atoms with Crippen LogP contribution in [0.4, 0.5) is 14.6 Å². The molecule has 3 aromatic rings. The second kappa shape index (κ2) is 5.05. The molecule has 3 rings (SSSR count). The van der Waals surface area contributed by atoms with Gasteiger partial charge in [-0.05, 0) is 30.3 Å². The van der Waals surface area contributed by atoms with Gasteiger partial charge in [0, 0.05) is 4.90 Å². The number of benzene rings is 2. The third-order valence-electron chi connectivity index (χ3n) is 2.67. The average molecular weight is 289 g/mol. The van der Waals surface area contributed by atoms with Crippen molar-refractivity contribution >= 4 is 28.6 Å². The molecule has 0 spiro atoms. The highest BCUT2D eigenvalue weighted by Gasteiger charge is 2.09. The monoisotopic (exact) mass is 289 g/mol. The first-order valence-corrected chi connectivity index (χ1v) is 6.60. The fraction of sp³-hybridized carbons (Fsp3) is 0. The van der Waals surface area contributed by atoms with Crippen molar-refractivity contribution in [3.63, 3.8) is 0 Å². The summed E-state index contributed by atoms with van der Waals surface area (Å²) in [5.74, 6) is -1.52. The number of hydrogen-bond acceptors (Lipinski definition) is 4. The molecule has 0 aliphatic carbocycles. The Morgan fingerprint density at radius 3 is 2.30 bits per heavy atom. The van der Waals surface area contributed by atoms with Crippen LogP contribution < -0.4 is 5.73 Å². The summed E-state index contributed by atoms with van der Waals surface area (Å²) in [5, 5.41) is 0.467. The number of hydrogen-bond donors (Lipinski definition) is 1. The van der Waals surface area contributed by atoms with Crippen LogP contribution in [-0.4, -0.2) is 9.97 Å². The van der Waals surface area contributed by atoms with Crippen LogP contribution in [0.1, 0.15) is 0 Å². The van der Waals surface area contributed by atoms with E-state index in [0.717, 1.165) is 23.9 Å². The maximum atomic E-state index is 13.2. The number of aromatic nitrogens is 2. The lowest BCUT2D eigenvalue weighted by molar-refractivity contribution is 0.506. The molecule has 2 N–H and O–H groups in total. The molecule has 1 aromatic heterocycles. The Bertz CT molecular complexity index is 792. The SMILES string of the molecule is Nc1nc2ccccc2nc1Sc1ccc(F)c(F)c1. The summed E-state index contributed by atoms with van der Waals surface area (Å²) in [5.41, 5.74) is 7.24. The lowest BCUT2D eigenvalue weighted by Crippen LogP contribution is -1.97. The molecule has 100 valence electrons. The number of fused-ring (bicyclic) bond motifs is 1. The summed E-state index contributed by atoms with van der Waals surface area (Å²) in [6.45, 7) is 0. The molecule has 1 heterocycles. The van der Waals surface area contributed by atoms with Gasteiger partial charge in [-0.25, -0.2) is 18.7 Å². The molecule has 0 aliphatic heterocycles. The maximum Gasteiger partial charge on any atom is 0.159 e. The highest BCUT2D eigenvalue weighted by Crippen LogP contribution is 2.31. The van der Waals surface area contributed by atoms with Crippen molar-refractivity contribution < 1.29 is 8.78 Å². The van der Waals surface area contributed by atoms with Gasteiger partial charge in [-0.1, -0.05) is 23.9 Å². The summed E-state index contributed by atoms with van der Waals surface area (Å²) in [4.78, 5) is 9.13. The van der Waals surface area contributed by atoms with E-state index in [1.54, 1.807) is 0 Å². The van der Waals surface area contributed by atoms with Crippen LogP contribution in [0.2, 0.25) is 0 Å². The van der Waals surface area contributed by atoms with Gasteiger partial charge in [-0.3, -0.25) is 0 Å². The molecule has 0 atom stereocenters. The van der Waals surface area contributed by atoms with Crippen LogP contribution in [0.3, 0.4) is 0 Å². The van der Waals surface area contributed by atoms with Gasteiger partial charge >= 0.3 is 0 Å². The molecule has 2 aromatic carbocycles. The number of nitrogen functional groups attached to an aromatic ring is 1. The van der Waals surface area contributed by atoms with Crippen LogP contribution in [0.15, 0.2) is 52.4 Å². The fourth-order valence-electron chi connectivity index (χ4n) is 1.72.